The Kier molecular flexibility index (Phi) is 15.5. The second kappa shape index (κ2) is 21.1. The Morgan fingerprint density at radius 3 is 2.20 bits per heavy atom. The summed E-state index contributed by atoms with van der Waals surface area (Å²) >= 11 is 1.47. The molecule has 14 nitrogen and oxygen atoms in total. The second-order valence-electron chi connectivity index (χ2n) is 13.2. The predicted octanol–water partition coefficient (Wildman–Crippen LogP) is 5.32. The molecule has 1 aliphatic carbocycles. The highest BCUT2D eigenvalue weighted by molar-refractivity contribution is 7.22. The first-order chi connectivity index (χ1) is 26.9. The molecule has 0 spiro atoms. The Hall–Kier alpha value is -4.29. The number of pyridine rings is 2. The third-order valence-electron chi connectivity index (χ3n) is 8.91. The number of aromatic nitrogens is 2. The molecule has 0 bridgehead atoms. The van der Waals surface area contributed by atoms with Gasteiger partial charge in [0.25, 0.3) is 0 Å². The summed E-state index contributed by atoms with van der Waals surface area (Å²) < 4.78 is 48.5. The number of anilines is 1. The number of methoxy groups -OCH3 is 1. The lowest BCUT2D eigenvalue weighted by Gasteiger charge is -2.34. The Bertz CT molecular complexity index is 1820. The molecule has 0 atom stereocenters. The maximum Gasteiger partial charge on any atom is 0.319 e. The lowest BCUT2D eigenvalue weighted by molar-refractivity contribution is -0.134. The number of halogens is 1. The van der Waals surface area contributed by atoms with Crippen LogP contribution in [0.1, 0.15) is 24.8 Å². The van der Waals surface area contributed by atoms with Crippen LogP contribution in [-0.4, -0.2) is 130 Å². The number of thiophene rings is 1. The molecule has 0 unspecified atom stereocenters. The molecule has 3 amide bonds. The summed E-state index contributed by atoms with van der Waals surface area (Å²) in [6.45, 7) is 8.06. The van der Waals surface area contributed by atoms with E-state index in [1.807, 2.05) is 23.2 Å². The molecule has 2 fully saturated rings. The van der Waals surface area contributed by atoms with Crippen molar-refractivity contribution in [3.63, 3.8) is 0 Å². The summed E-state index contributed by atoms with van der Waals surface area (Å²) in [5.74, 6) is 0.0382. The molecular weight excluding hydrogens is 732 g/mol. The van der Waals surface area contributed by atoms with Gasteiger partial charge in [-0.05, 0) is 42.7 Å². The normalized spacial score (nSPS) is 14.7. The first-order valence-electron chi connectivity index (χ1n) is 18.6. The van der Waals surface area contributed by atoms with Crippen molar-refractivity contribution in [3.05, 3.63) is 66.2 Å². The number of rotatable bonds is 22. The summed E-state index contributed by atoms with van der Waals surface area (Å²) in [6, 6.07) is 11.9. The van der Waals surface area contributed by atoms with Crippen LogP contribution in [-0.2, 0) is 35.0 Å². The number of carbonyl (C=O) groups excluding carboxylic acids is 2. The molecular formula is C39H49FN6O8S. The van der Waals surface area contributed by atoms with Crippen molar-refractivity contribution in [2.45, 2.75) is 31.8 Å². The zero-order chi connectivity index (χ0) is 38.2. The average molecular weight is 781 g/mol. The predicted molar refractivity (Wildman–Crippen MR) is 206 cm³/mol. The van der Waals surface area contributed by atoms with Crippen LogP contribution in [0.4, 0.5) is 14.9 Å². The smallest absolute Gasteiger partial charge is 0.319 e. The molecule has 4 heterocycles. The minimum atomic E-state index is -0.589. The lowest BCUT2D eigenvalue weighted by Crippen LogP contribution is -2.48. The van der Waals surface area contributed by atoms with Gasteiger partial charge in [-0.25, -0.2) is 9.18 Å². The summed E-state index contributed by atoms with van der Waals surface area (Å²) in [5.41, 5.74) is 2.95. The van der Waals surface area contributed by atoms with Crippen LogP contribution in [0.25, 0.3) is 20.8 Å². The average Bonchev–Trinajstić information content (AvgIpc) is 3.89. The highest BCUT2D eigenvalue weighted by Gasteiger charge is 2.24. The molecule has 296 valence electrons. The molecule has 55 heavy (non-hydrogen) atoms. The van der Waals surface area contributed by atoms with E-state index >= 15 is 0 Å². The van der Waals surface area contributed by atoms with Gasteiger partial charge in [-0.15, -0.1) is 11.3 Å². The Morgan fingerprint density at radius 2 is 1.55 bits per heavy atom. The van der Waals surface area contributed by atoms with E-state index in [0.29, 0.717) is 90.4 Å². The maximum atomic E-state index is 15.0. The summed E-state index contributed by atoms with van der Waals surface area (Å²) in [5, 5.41) is 5.47. The maximum absolute atomic E-state index is 15.0. The van der Waals surface area contributed by atoms with Crippen LogP contribution >= 0.6 is 11.3 Å². The summed E-state index contributed by atoms with van der Waals surface area (Å²) in [6.07, 6.45) is 5.79. The van der Waals surface area contributed by atoms with E-state index in [9.17, 15) is 14.0 Å². The van der Waals surface area contributed by atoms with Crippen molar-refractivity contribution >= 4 is 39.2 Å². The fourth-order valence-electron chi connectivity index (χ4n) is 5.78. The topological polar surface area (TPSA) is 146 Å². The molecule has 4 aromatic rings. The molecule has 16 heteroatoms. The minimum Gasteiger partial charge on any atom is -0.453 e. The molecule has 1 saturated carbocycles. The van der Waals surface area contributed by atoms with Gasteiger partial charge in [0, 0.05) is 76.1 Å². The number of hydrogen-bond donors (Lipinski definition) is 2. The molecule has 2 N–H and O–H groups in total. The van der Waals surface area contributed by atoms with Crippen LogP contribution in [0.5, 0.6) is 11.5 Å². The van der Waals surface area contributed by atoms with Gasteiger partial charge in [-0.1, -0.05) is 6.07 Å². The first-order valence-corrected chi connectivity index (χ1v) is 19.5. The number of amides is 3. The third-order valence-corrected chi connectivity index (χ3v) is 10.1. The highest BCUT2D eigenvalue weighted by Crippen LogP contribution is 2.39. The van der Waals surface area contributed by atoms with Gasteiger partial charge in [0.2, 0.25) is 5.91 Å². The molecule has 0 radical (unpaired) electrons. The summed E-state index contributed by atoms with van der Waals surface area (Å²) in [7, 11) is 1.64. The van der Waals surface area contributed by atoms with Crippen molar-refractivity contribution in [1.29, 1.82) is 0 Å². The van der Waals surface area contributed by atoms with Gasteiger partial charge < -0.3 is 44.0 Å². The van der Waals surface area contributed by atoms with Gasteiger partial charge in [0.15, 0.2) is 11.6 Å². The SMILES string of the molecule is COCCOCCOCCOCCOCCC(=O)N1CCN(Cc2ccc(-c3cc4nccc(Oc5ccc(NC(=O)NC6CC6)cc5F)c4s3)nc2)CC1. The van der Waals surface area contributed by atoms with Gasteiger partial charge in [-0.2, -0.15) is 0 Å². The van der Waals surface area contributed by atoms with E-state index in [1.54, 1.807) is 25.4 Å². The molecule has 3 aromatic heterocycles. The third kappa shape index (κ3) is 12.9. The van der Waals surface area contributed by atoms with Crippen LogP contribution in [0, 0.1) is 5.82 Å². The molecule has 1 aromatic carbocycles. The van der Waals surface area contributed by atoms with Crippen LogP contribution < -0.4 is 15.4 Å². The number of fused-ring (bicyclic) bond motifs is 1. The van der Waals surface area contributed by atoms with Crippen molar-refractivity contribution in [2.75, 3.05) is 98.1 Å². The molecule has 1 aliphatic heterocycles. The van der Waals surface area contributed by atoms with Crippen molar-refractivity contribution in [1.82, 2.24) is 25.1 Å². The van der Waals surface area contributed by atoms with Gasteiger partial charge in [-0.3, -0.25) is 19.7 Å². The number of piperazine rings is 1. The van der Waals surface area contributed by atoms with E-state index in [4.69, 9.17) is 33.4 Å². The highest BCUT2D eigenvalue weighted by atomic mass is 32.1. The van der Waals surface area contributed by atoms with E-state index in [2.05, 4.69) is 26.6 Å². The van der Waals surface area contributed by atoms with Crippen molar-refractivity contribution < 1.29 is 42.4 Å². The van der Waals surface area contributed by atoms with E-state index in [1.165, 1.54) is 23.5 Å². The monoisotopic (exact) mass is 780 g/mol. The summed E-state index contributed by atoms with van der Waals surface area (Å²) in [4.78, 5) is 39.1. The molecule has 2 aliphatic rings. The quantitative estimate of drug-likeness (QED) is 0.100. The van der Waals surface area contributed by atoms with Crippen molar-refractivity contribution in [2.24, 2.45) is 0 Å². The molecule has 6 rings (SSSR count). The number of ether oxygens (including phenoxy) is 6. The van der Waals surface area contributed by atoms with Gasteiger partial charge in [0.1, 0.15) is 5.75 Å². The van der Waals surface area contributed by atoms with E-state index < -0.39 is 5.82 Å². The van der Waals surface area contributed by atoms with Crippen LogP contribution in [0.2, 0.25) is 0 Å². The number of nitrogens with zero attached hydrogens (tertiary/aromatic N) is 4. The fraction of sp³-hybridized carbons (Fsp3) is 0.487. The van der Waals surface area contributed by atoms with E-state index in [-0.39, 0.29) is 23.7 Å². The van der Waals surface area contributed by atoms with Crippen LogP contribution in [0.3, 0.4) is 0 Å². The number of hydrogen-bond acceptors (Lipinski definition) is 12. The number of benzene rings is 1. The minimum absolute atomic E-state index is 0.0457. The van der Waals surface area contributed by atoms with Crippen molar-refractivity contribution in [3.8, 4) is 22.1 Å². The second-order valence-corrected chi connectivity index (χ2v) is 14.2. The zero-order valence-corrected chi connectivity index (χ0v) is 32.0. The standard InChI is InChI=1S/C39H49FN6O8S/c1-49-16-17-51-20-21-53-23-22-52-19-18-50-15-9-37(47)46-13-11-45(12-14-46)27-28-2-6-32(42-26-28)36-25-33-38(55-36)35(8-10-41-33)54-34-7-5-30(24-31(34)40)44-39(48)43-29-3-4-29/h2,5-8,10,24-26,29H,3-4,9,11-23,27H2,1H3,(H2,43,44,48). The molecule has 1 saturated heterocycles. The number of urea groups is 1. The number of carbonyl (C=O) groups is 2. The first kappa shape index (κ1) is 40.4. The van der Waals surface area contributed by atoms with Gasteiger partial charge >= 0.3 is 6.03 Å². The van der Waals surface area contributed by atoms with Crippen LogP contribution in [0.15, 0.2) is 54.9 Å². The lowest BCUT2D eigenvalue weighted by atomic mass is 10.2. The Labute approximate surface area is 324 Å². The fourth-order valence-corrected chi connectivity index (χ4v) is 6.82. The van der Waals surface area contributed by atoms with E-state index in [0.717, 1.165) is 58.8 Å². The largest absolute Gasteiger partial charge is 0.453 e. The zero-order valence-electron chi connectivity index (χ0n) is 31.1. The Balaban J connectivity index is 0.882. The Morgan fingerprint density at radius 1 is 0.836 bits per heavy atom. The van der Waals surface area contributed by atoms with Gasteiger partial charge in [0.05, 0.1) is 86.7 Å². The number of nitrogens with one attached hydrogen (secondary N) is 2.